The molecule has 0 amide bonds. The van der Waals surface area contributed by atoms with E-state index in [1.165, 1.54) is 36.9 Å². The summed E-state index contributed by atoms with van der Waals surface area (Å²) in [5.74, 6) is 1.55. The van der Waals surface area contributed by atoms with E-state index < -0.39 is 0 Å². The average molecular weight is 304 g/mol. The van der Waals surface area contributed by atoms with Crippen LogP contribution in [0, 0.1) is 11.3 Å². The number of nitriles is 1. The molecule has 1 aliphatic carbocycles. The number of benzene rings is 1. The van der Waals surface area contributed by atoms with Crippen molar-refractivity contribution in [2.75, 3.05) is 6.54 Å². The predicted octanol–water partition coefficient (Wildman–Crippen LogP) is 3.32. The van der Waals surface area contributed by atoms with E-state index in [4.69, 9.17) is 15.2 Å². The number of nitrogens with zero attached hydrogens (tertiary/aromatic N) is 3. The predicted molar refractivity (Wildman–Crippen MR) is 88.8 cm³/mol. The third-order valence-corrected chi connectivity index (χ3v) is 4.96. The summed E-state index contributed by atoms with van der Waals surface area (Å²) in [6.45, 7) is 1.82. The molecule has 0 radical (unpaired) electrons. The van der Waals surface area contributed by atoms with Gasteiger partial charge < -0.3 is 5.32 Å². The van der Waals surface area contributed by atoms with Crippen LogP contribution in [-0.4, -0.2) is 16.5 Å². The van der Waals surface area contributed by atoms with Crippen LogP contribution in [0.2, 0.25) is 0 Å². The smallest absolute Gasteiger partial charge is 0.132 e. The van der Waals surface area contributed by atoms with E-state index >= 15 is 0 Å². The highest BCUT2D eigenvalue weighted by molar-refractivity contribution is 5.65. The quantitative estimate of drug-likeness (QED) is 0.924. The molecule has 23 heavy (non-hydrogen) atoms. The monoisotopic (exact) mass is 304 g/mol. The van der Waals surface area contributed by atoms with Gasteiger partial charge in [0.05, 0.1) is 23.0 Å². The van der Waals surface area contributed by atoms with Crippen molar-refractivity contribution in [3.8, 4) is 17.3 Å². The Balaban J connectivity index is 1.82. The van der Waals surface area contributed by atoms with Crippen LogP contribution >= 0.6 is 0 Å². The largest absolute Gasteiger partial charge is 0.312 e. The van der Waals surface area contributed by atoms with Crippen LogP contribution in [0.15, 0.2) is 24.3 Å². The van der Waals surface area contributed by atoms with Crippen molar-refractivity contribution in [1.29, 1.82) is 5.26 Å². The molecule has 4 heteroatoms. The molecule has 4 nitrogen and oxygen atoms in total. The summed E-state index contributed by atoms with van der Waals surface area (Å²) < 4.78 is 0. The van der Waals surface area contributed by atoms with Crippen LogP contribution in [0.1, 0.15) is 54.2 Å². The lowest BCUT2D eigenvalue weighted by molar-refractivity contribution is 0.602. The molecule has 1 aromatic heterocycles. The van der Waals surface area contributed by atoms with Crippen LogP contribution in [0.4, 0.5) is 0 Å². The minimum Gasteiger partial charge on any atom is -0.312 e. The molecule has 0 spiro atoms. The summed E-state index contributed by atoms with van der Waals surface area (Å²) in [5.41, 5.74) is 5.26. The average Bonchev–Trinajstić information content (AvgIpc) is 3.15. The van der Waals surface area contributed by atoms with Crippen LogP contribution in [-0.2, 0) is 13.0 Å². The zero-order valence-corrected chi connectivity index (χ0v) is 13.2. The minimum atomic E-state index is 0.521. The van der Waals surface area contributed by atoms with Crippen molar-refractivity contribution in [2.24, 2.45) is 0 Å². The van der Waals surface area contributed by atoms with E-state index in [1.807, 2.05) is 24.3 Å². The molecule has 1 aromatic carbocycles. The van der Waals surface area contributed by atoms with Gasteiger partial charge in [-0.1, -0.05) is 25.0 Å². The Kier molecular flexibility index (Phi) is 3.80. The Morgan fingerprint density at radius 1 is 1.09 bits per heavy atom. The number of fused-ring (bicyclic) bond motifs is 1. The first kappa shape index (κ1) is 14.3. The van der Waals surface area contributed by atoms with Crippen LogP contribution in [0.3, 0.4) is 0 Å². The number of hydrogen-bond donors (Lipinski definition) is 1. The summed E-state index contributed by atoms with van der Waals surface area (Å²) in [5, 5.41) is 12.4. The summed E-state index contributed by atoms with van der Waals surface area (Å²) >= 11 is 0. The fourth-order valence-electron chi connectivity index (χ4n) is 3.67. The summed E-state index contributed by atoms with van der Waals surface area (Å²) in [7, 11) is 0. The lowest BCUT2D eigenvalue weighted by atomic mass is 9.98. The second-order valence-electron chi connectivity index (χ2n) is 6.45. The summed E-state index contributed by atoms with van der Waals surface area (Å²) in [4.78, 5) is 9.87. The lowest BCUT2D eigenvalue weighted by Gasteiger charge is -2.21. The van der Waals surface area contributed by atoms with Gasteiger partial charge in [-0.2, -0.15) is 5.26 Å². The van der Waals surface area contributed by atoms with Crippen molar-refractivity contribution in [2.45, 2.75) is 44.6 Å². The molecule has 0 atom stereocenters. The topological polar surface area (TPSA) is 61.6 Å². The molecule has 2 aromatic rings. The maximum atomic E-state index is 8.99. The highest BCUT2D eigenvalue weighted by Crippen LogP contribution is 2.35. The van der Waals surface area contributed by atoms with Gasteiger partial charge in [0.25, 0.3) is 0 Å². The van der Waals surface area contributed by atoms with Crippen LogP contribution < -0.4 is 5.32 Å². The molecule has 116 valence electrons. The van der Waals surface area contributed by atoms with Gasteiger partial charge in [0.2, 0.25) is 0 Å². The molecule has 1 aliphatic heterocycles. The minimum absolute atomic E-state index is 0.521. The first-order valence-corrected chi connectivity index (χ1v) is 8.46. The zero-order valence-electron chi connectivity index (χ0n) is 13.2. The van der Waals surface area contributed by atoms with Crippen molar-refractivity contribution >= 4 is 0 Å². The molecule has 0 bridgehead atoms. The van der Waals surface area contributed by atoms with Gasteiger partial charge in [0, 0.05) is 36.6 Å². The molecule has 4 rings (SSSR count). The fraction of sp³-hybridized carbons (Fsp3) is 0.421. The highest BCUT2D eigenvalue weighted by Gasteiger charge is 2.24. The van der Waals surface area contributed by atoms with Crippen molar-refractivity contribution in [1.82, 2.24) is 15.3 Å². The Labute approximate surface area is 136 Å². The van der Waals surface area contributed by atoms with Gasteiger partial charge >= 0.3 is 0 Å². The second-order valence-corrected chi connectivity index (χ2v) is 6.45. The SMILES string of the molecule is N#Cc1ccc(-c2nc(C3CCCC3)nc3c2CNCC3)cc1. The van der Waals surface area contributed by atoms with E-state index in [1.54, 1.807) is 0 Å². The maximum absolute atomic E-state index is 8.99. The molecule has 0 saturated heterocycles. The van der Waals surface area contributed by atoms with E-state index in [2.05, 4.69) is 11.4 Å². The van der Waals surface area contributed by atoms with Gasteiger partial charge in [-0.3, -0.25) is 0 Å². The van der Waals surface area contributed by atoms with Crippen LogP contribution in [0.25, 0.3) is 11.3 Å². The standard InChI is InChI=1S/C19H20N4/c20-11-13-5-7-14(8-6-13)18-16-12-21-10-9-17(16)22-19(23-18)15-3-1-2-4-15/h5-8,15,21H,1-4,9-10,12H2. The van der Waals surface area contributed by atoms with E-state index in [9.17, 15) is 0 Å². The molecule has 1 fully saturated rings. The molecule has 1 saturated carbocycles. The molecule has 2 heterocycles. The Morgan fingerprint density at radius 3 is 2.61 bits per heavy atom. The fourth-order valence-corrected chi connectivity index (χ4v) is 3.67. The van der Waals surface area contributed by atoms with Gasteiger partial charge in [-0.15, -0.1) is 0 Å². The third-order valence-electron chi connectivity index (χ3n) is 4.96. The molecule has 1 N–H and O–H groups in total. The lowest BCUT2D eigenvalue weighted by Crippen LogP contribution is -2.26. The van der Waals surface area contributed by atoms with Gasteiger partial charge in [-0.25, -0.2) is 9.97 Å². The van der Waals surface area contributed by atoms with Crippen LogP contribution in [0.5, 0.6) is 0 Å². The van der Waals surface area contributed by atoms with Gasteiger partial charge in [0.1, 0.15) is 5.82 Å². The molecule has 0 unspecified atom stereocenters. The molecular weight excluding hydrogens is 284 g/mol. The number of aromatic nitrogens is 2. The first-order chi connectivity index (χ1) is 11.3. The molecule has 2 aliphatic rings. The van der Waals surface area contributed by atoms with E-state index in [-0.39, 0.29) is 0 Å². The van der Waals surface area contributed by atoms with E-state index in [0.717, 1.165) is 36.6 Å². The zero-order chi connectivity index (χ0) is 15.6. The third kappa shape index (κ3) is 2.73. The van der Waals surface area contributed by atoms with Crippen molar-refractivity contribution < 1.29 is 0 Å². The number of hydrogen-bond acceptors (Lipinski definition) is 4. The Hall–Kier alpha value is -2.25. The van der Waals surface area contributed by atoms with Crippen molar-refractivity contribution in [3.63, 3.8) is 0 Å². The van der Waals surface area contributed by atoms with Gasteiger partial charge in [-0.05, 0) is 25.0 Å². The second kappa shape index (κ2) is 6.10. The number of rotatable bonds is 2. The summed E-state index contributed by atoms with van der Waals surface area (Å²) in [6, 6.07) is 9.94. The Bertz CT molecular complexity index is 752. The maximum Gasteiger partial charge on any atom is 0.132 e. The van der Waals surface area contributed by atoms with Crippen molar-refractivity contribution in [3.05, 3.63) is 46.9 Å². The molecular formula is C19H20N4. The van der Waals surface area contributed by atoms with E-state index in [0.29, 0.717) is 11.5 Å². The summed E-state index contributed by atoms with van der Waals surface area (Å²) in [6.07, 6.45) is 5.98. The Morgan fingerprint density at radius 2 is 1.87 bits per heavy atom. The van der Waals surface area contributed by atoms with Gasteiger partial charge in [0.15, 0.2) is 0 Å². The number of nitrogens with one attached hydrogen (secondary N) is 1. The first-order valence-electron chi connectivity index (χ1n) is 8.46. The normalized spacial score (nSPS) is 17.7. The highest BCUT2D eigenvalue weighted by atomic mass is 15.0.